The second kappa shape index (κ2) is 4.81. The lowest BCUT2D eigenvalue weighted by molar-refractivity contribution is 1.49. The smallest absolute Gasteiger partial charge is 0.00204 e. The van der Waals surface area contributed by atoms with Crippen molar-refractivity contribution in [2.24, 2.45) is 0 Å². The average Bonchev–Trinajstić information content (AvgIpc) is 2.45. The van der Waals surface area contributed by atoms with E-state index in [1.807, 2.05) is 0 Å². The molecule has 1 heterocycles. The van der Waals surface area contributed by atoms with Crippen molar-refractivity contribution in [2.75, 3.05) is 0 Å². The van der Waals surface area contributed by atoms with Crippen LogP contribution in [0.5, 0.6) is 0 Å². The molecule has 2 unspecified atom stereocenters. The lowest BCUT2D eigenvalue weighted by Gasteiger charge is -2.24. The van der Waals surface area contributed by atoms with Gasteiger partial charge in [-0.15, -0.1) is 0 Å². The van der Waals surface area contributed by atoms with Crippen LogP contribution in [0.2, 0.25) is 0 Å². The number of hydrogen-bond acceptors (Lipinski definition) is 0. The van der Waals surface area contributed by atoms with Gasteiger partial charge in [-0.1, -0.05) is 75.1 Å². The standard InChI is InChI=1S/C16H16P2/c1-13-14(2)18(16-11-7-4-8-12-16)17(13)15-9-5-3-6-10-15/h3-12H,1-2H3. The van der Waals surface area contributed by atoms with Crippen LogP contribution in [-0.2, 0) is 0 Å². The summed E-state index contributed by atoms with van der Waals surface area (Å²) in [4.78, 5) is 0. The highest BCUT2D eigenvalue weighted by atomic mass is 31.9. The predicted octanol–water partition coefficient (Wildman–Crippen LogP) is 6.26. The second-order valence-corrected chi connectivity index (χ2v) is 10.5. The Balaban J connectivity index is 2.16. The minimum atomic E-state index is -0.0887. The summed E-state index contributed by atoms with van der Waals surface area (Å²) < 4.78 is 0. The highest BCUT2D eigenvalue weighted by Gasteiger charge is 2.18. The van der Waals surface area contributed by atoms with Crippen molar-refractivity contribution in [3.05, 3.63) is 71.3 Å². The molecule has 2 heteroatoms. The van der Waals surface area contributed by atoms with Crippen LogP contribution in [0.3, 0.4) is 0 Å². The Morgan fingerprint density at radius 3 is 1.22 bits per heavy atom. The molecule has 0 amide bonds. The van der Waals surface area contributed by atoms with E-state index in [1.165, 1.54) is 10.6 Å². The fraction of sp³-hybridized carbons (Fsp3) is 0.125. The molecule has 0 aliphatic heterocycles. The zero-order valence-electron chi connectivity index (χ0n) is 10.7. The summed E-state index contributed by atoms with van der Waals surface area (Å²) in [5.74, 6) is 0. The highest BCUT2D eigenvalue weighted by molar-refractivity contribution is 8.17. The summed E-state index contributed by atoms with van der Waals surface area (Å²) >= 11 is 0. The Kier molecular flexibility index (Phi) is 3.16. The Bertz CT molecular complexity index is 586. The Labute approximate surface area is 110 Å². The third-order valence-electron chi connectivity index (χ3n) is 3.36. The van der Waals surface area contributed by atoms with Crippen LogP contribution in [0.4, 0.5) is 0 Å². The molecule has 0 spiro atoms. The Hall–Kier alpha value is -1.22. The van der Waals surface area contributed by atoms with E-state index < -0.39 is 0 Å². The zero-order valence-corrected chi connectivity index (χ0v) is 12.5. The van der Waals surface area contributed by atoms with E-state index in [0.717, 1.165) is 0 Å². The summed E-state index contributed by atoms with van der Waals surface area (Å²) in [5.41, 5.74) is 0. The largest absolute Gasteiger partial charge is 0.0646 e. The second-order valence-electron chi connectivity index (χ2n) is 4.47. The normalized spacial score (nSPS) is 12.8. The van der Waals surface area contributed by atoms with Gasteiger partial charge in [0.2, 0.25) is 0 Å². The molecule has 0 bridgehead atoms. The van der Waals surface area contributed by atoms with Crippen molar-refractivity contribution < 1.29 is 0 Å². The van der Waals surface area contributed by atoms with Crippen molar-refractivity contribution in [1.29, 1.82) is 0 Å². The van der Waals surface area contributed by atoms with Gasteiger partial charge in [0.05, 0.1) is 0 Å². The maximum Gasteiger partial charge on any atom is 0.00204 e. The molecule has 0 aliphatic rings. The Morgan fingerprint density at radius 2 is 0.889 bits per heavy atom. The van der Waals surface area contributed by atoms with Crippen molar-refractivity contribution >= 4 is 14.4 Å². The first-order valence-corrected chi connectivity index (χ1v) is 9.55. The molecule has 0 saturated heterocycles. The summed E-state index contributed by atoms with van der Waals surface area (Å²) in [5, 5.41) is 6.33. The number of hydrogen-bond donors (Lipinski definition) is 0. The van der Waals surface area contributed by atoms with E-state index in [0.29, 0.717) is 0 Å². The van der Waals surface area contributed by atoms with E-state index in [1.54, 1.807) is 10.6 Å². The van der Waals surface area contributed by atoms with Gasteiger partial charge < -0.3 is 0 Å². The molecule has 3 aromatic rings. The molecule has 0 radical (unpaired) electrons. The van der Waals surface area contributed by atoms with Crippen LogP contribution in [-0.4, -0.2) is 0 Å². The molecule has 1 aromatic heterocycles. The van der Waals surface area contributed by atoms with Crippen LogP contribution >= 0.6 is 14.4 Å². The SMILES string of the molecule is Cc1c(C)p(-c2ccccc2)p1-c1ccccc1. The topological polar surface area (TPSA) is 0 Å². The predicted molar refractivity (Wildman–Crippen MR) is 84.0 cm³/mol. The molecule has 0 nitrogen and oxygen atoms in total. The molecule has 2 atom stereocenters. The quantitative estimate of drug-likeness (QED) is 0.516. The lowest BCUT2D eigenvalue weighted by Crippen LogP contribution is -1.83. The average molecular weight is 270 g/mol. The van der Waals surface area contributed by atoms with E-state index in [4.69, 9.17) is 0 Å². The van der Waals surface area contributed by atoms with Gasteiger partial charge in [0.25, 0.3) is 0 Å². The first-order valence-electron chi connectivity index (χ1n) is 6.17. The van der Waals surface area contributed by atoms with Gasteiger partial charge in [0.1, 0.15) is 0 Å². The fourth-order valence-corrected chi connectivity index (χ4v) is 10.5. The molecule has 2 aromatic carbocycles. The first-order chi connectivity index (χ1) is 8.79. The van der Waals surface area contributed by atoms with E-state index >= 15 is 0 Å². The molecule has 3 rings (SSSR count). The summed E-state index contributed by atoms with van der Waals surface area (Å²) in [7, 11) is -0.177. The van der Waals surface area contributed by atoms with Gasteiger partial charge in [-0.25, -0.2) is 0 Å². The van der Waals surface area contributed by atoms with Gasteiger partial charge in [0.15, 0.2) is 0 Å². The van der Waals surface area contributed by atoms with Crippen molar-refractivity contribution in [3.8, 4) is 10.6 Å². The first kappa shape index (κ1) is 11.8. The third kappa shape index (κ3) is 1.87. The van der Waals surface area contributed by atoms with Gasteiger partial charge in [-0.05, 0) is 24.4 Å². The van der Waals surface area contributed by atoms with Crippen LogP contribution < -0.4 is 0 Å². The van der Waals surface area contributed by atoms with Crippen LogP contribution in [0, 0.1) is 13.8 Å². The molecule has 0 aliphatic carbocycles. The third-order valence-corrected chi connectivity index (χ3v) is 11.8. The van der Waals surface area contributed by atoms with E-state index in [9.17, 15) is 0 Å². The van der Waals surface area contributed by atoms with Crippen LogP contribution in [0.25, 0.3) is 10.6 Å². The number of benzene rings is 2. The summed E-state index contributed by atoms with van der Waals surface area (Å²) in [6, 6.07) is 22.0. The summed E-state index contributed by atoms with van der Waals surface area (Å²) in [6.07, 6.45) is 0. The highest BCUT2D eigenvalue weighted by Crippen LogP contribution is 2.71. The van der Waals surface area contributed by atoms with Gasteiger partial charge in [-0.3, -0.25) is 0 Å². The monoisotopic (exact) mass is 270 g/mol. The minimum absolute atomic E-state index is 0.0887. The lowest BCUT2D eigenvalue weighted by atomic mass is 10.4. The van der Waals surface area contributed by atoms with E-state index in [2.05, 4.69) is 74.5 Å². The number of rotatable bonds is 2. The zero-order chi connectivity index (χ0) is 12.5. The molecule has 18 heavy (non-hydrogen) atoms. The van der Waals surface area contributed by atoms with Crippen molar-refractivity contribution in [1.82, 2.24) is 0 Å². The van der Waals surface area contributed by atoms with Gasteiger partial charge in [-0.2, -0.15) is 0 Å². The van der Waals surface area contributed by atoms with Crippen LogP contribution in [0.15, 0.2) is 60.7 Å². The molecule has 0 fully saturated rings. The Morgan fingerprint density at radius 1 is 0.556 bits per heavy atom. The van der Waals surface area contributed by atoms with Gasteiger partial charge in [0, 0.05) is 10.6 Å². The molecule has 90 valence electrons. The molecule has 0 N–H and O–H groups in total. The maximum absolute atomic E-state index is 2.32. The molecular formula is C16H16P2. The fourth-order valence-electron chi connectivity index (χ4n) is 2.32. The van der Waals surface area contributed by atoms with E-state index in [-0.39, 0.29) is 14.4 Å². The minimum Gasteiger partial charge on any atom is -0.0646 e. The van der Waals surface area contributed by atoms with Crippen LogP contribution in [0.1, 0.15) is 10.6 Å². The molecular weight excluding hydrogens is 254 g/mol. The molecule has 0 saturated carbocycles. The van der Waals surface area contributed by atoms with Crippen molar-refractivity contribution in [2.45, 2.75) is 13.8 Å². The van der Waals surface area contributed by atoms with Crippen molar-refractivity contribution in [3.63, 3.8) is 0 Å². The van der Waals surface area contributed by atoms with Gasteiger partial charge >= 0.3 is 0 Å². The maximum atomic E-state index is 2.32. The summed E-state index contributed by atoms with van der Waals surface area (Å²) in [6.45, 7) is 4.63.